The lowest BCUT2D eigenvalue weighted by atomic mass is 10.0. The molecule has 69 heavy (non-hydrogen) atoms. The van der Waals surface area contributed by atoms with E-state index in [2.05, 4.69) is 68.7 Å². The second kappa shape index (κ2) is 54.9. The molecular weight excluding hydrogens is 861 g/mol. The van der Waals surface area contributed by atoms with Crippen molar-refractivity contribution in [2.24, 2.45) is 0 Å². The van der Waals surface area contributed by atoms with Crippen LogP contribution in [0.15, 0.2) is 24.3 Å². The molecule has 0 saturated heterocycles. The fraction of sp³-hybridized carbons (Fsp3) is 0.883. The standard InChI is InChI=1S/C60H114N2O7/c1-6-11-13-15-17-19-21-23-25-27-29-31-33-35-43-49-58(63)66-54-45-39-37-41-47-57(69-60(65)68-56-53-62(10-5)52-51-61(8-3)9-4)48-42-38-40-46-55-67-59(64)50-44-36-34-32-30-28-26-24-22-20-18-16-14-12-7-2/h23-26,57H,6-22,27-56H2,1-5H3/b25-23-,26-24-. The van der Waals surface area contributed by atoms with Gasteiger partial charge in [-0.25, -0.2) is 4.79 Å². The first kappa shape index (κ1) is 66.6. The highest BCUT2D eigenvalue weighted by Crippen LogP contribution is 2.18. The molecule has 0 aliphatic heterocycles. The van der Waals surface area contributed by atoms with E-state index in [1.54, 1.807) is 0 Å². The summed E-state index contributed by atoms with van der Waals surface area (Å²) in [5.41, 5.74) is 0. The number of rotatable bonds is 54. The van der Waals surface area contributed by atoms with Crippen LogP contribution in [0.1, 0.15) is 279 Å². The zero-order valence-corrected chi connectivity index (χ0v) is 46.4. The van der Waals surface area contributed by atoms with Crippen LogP contribution in [-0.2, 0) is 28.5 Å². The topological polar surface area (TPSA) is 94.6 Å². The molecule has 0 aromatic heterocycles. The Hall–Kier alpha value is -2.39. The maximum atomic E-state index is 12.8. The summed E-state index contributed by atoms with van der Waals surface area (Å²) < 4.78 is 22.5. The molecule has 0 unspecified atom stereocenters. The first-order chi connectivity index (χ1) is 33.9. The van der Waals surface area contributed by atoms with E-state index in [0.717, 1.165) is 123 Å². The van der Waals surface area contributed by atoms with Crippen molar-refractivity contribution in [1.29, 1.82) is 0 Å². The molecule has 0 saturated carbocycles. The summed E-state index contributed by atoms with van der Waals surface area (Å²) in [7, 11) is 0. The molecule has 0 aliphatic carbocycles. The molecule has 0 heterocycles. The van der Waals surface area contributed by atoms with E-state index in [1.807, 2.05) is 0 Å². The smallest absolute Gasteiger partial charge is 0.466 e. The average molecular weight is 976 g/mol. The highest BCUT2D eigenvalue weighted by atomic mass is 16.7. The minimum Gasteiger partial charge on any atom is -0.466 e. The Labute approximate surface area is 427 Å². The second-order valence-electron chi connectivity index (χ2n) is 19.8. The summed E-state index contributed by atoms with van der Waals surface area (Å²) >= 11 is 0. The maximum absolute atomic E-state index is 12.8. The lowest BCUT2D eigenvalue weighted by molar-refractivity contribution is -0.144. The molecule has 406 valence electrons. The molecule has 0 fully saturated rings. The van der Waals surface area contributed by atoms with Crippen LogP contribution in [0.2, 0.25) is 0 Å². The van der Waals surface area contributed by atoms with Crippen LogP contribution in [0.3, 0.4) is 0 Å². The van der Waals surface area contributed by atoms with Gasteiger partial charge >= 0.3 is 18.1 Å². The number of hydrogen-bond acceptors (Lipinski definition) is 9. The van der Waals surface area contributed by atoms with Gasteiger partial charge in [0.2, 0.25) is 0 Å². The third kappa shape index (κ3) is 50.4. The maximum Gasteiger partial charge on any atom is 0.508 e. The van der Waals surface area contributed by atoms with Gasteiger partial charge in [-0.3, -0.25) is 14.5 Å². The molecule has 0 aromatic carbocycles. The van der Waals surface area contributed by atoms with E-state index >= 15 is 0 Å². The van der Waals surface area contributed by atoms with Gasteiger partial charge in [0, 0.05) is 32.5 Å². The van der Waals surface area contributed by atoms with Gasteiger partial charge in [0.05, 0.1) is 13.2 Å². The van der Waals surface area contributed by atoms with Crippen LogP contribution in [-0.4, -0.2) is 93.1 Å². The van der Waals surface area contributed by atoms with E-state index in [0.29, 0.717) is 39.2 Å². The number of ether oxygens (including phenoxy) is 4. The Morgan fingerprint density at radius 3 is 1.12 bits per heavy atom. The molecule has 0 aromatic rings. The van der Waals surface area contributed by atoms with Gasteiger partial charge in [-0.1, -0.05) is 187 Å². The molecule has 0 bridgehead atoms. The van der Waals surface area contributed by atoms with Crippen molar-refractivity contribution in [3.8, 4) is 0 Å². The Kier molecular flexibility index (Phi) is 53.0. The van der Waals surface area contributed by atoms with Crippen molar-refractivity contribution >= 4 is 18.1 Å². The van der Waals surface area contributed by atoms with E-state index in [9.17, 15) is 14.4 Å². The third-order valence-electron chi connectivity index (χ3n) is 13.6. The van der Waals surface area contributed by atoms with Crippen LogP contribution in [0.25, 0.3) is 0 Å². The lowest BCUT2D eigenvalue weighted by Gasteiger charge is -2.25. The number of esters is 2. The summed E-state index contributed by atoms with van der Waals surface area (Å²) in [6.07, 6.45) is 51.3. The van der Waals surface area contributed by atoms with Crippen molar-refractivity contribution in [2.75, 3.05) is 59.1 Å². The zero-order valence-electron chi connectivity index (χ0n) is 46.4. The van der Waals surface area contributed by atoms with Crippen molar-refractivity contribution < 1.29 is 33.3 Å². The predicted molar refractivity (Wildman–Crippen MR) is 293 cm³/mol. The number of nitrogens with zero attached hydrogens (tertiary/aromatic N) is 2. The lowest BCUT2D eigenvalue weighted by Crippen LogP contribution is -2.37. The minimum absolute atomic E-state index is 0.0718. The molecule has 0 rings (SSSR count). The van der Waals surface area contributed by atoms with Gasteiger partial charge in [-0.2, -0.15) is 0 Å². The molecular formula is C60H114N2O7. The Balaban J connectivity index is 4.30. The number of unbranched alkanes of at least 4 members (excludes halogenated alkanes) is 28. The van der Waals surface area contributed by atoms with Gasteiger partial charge in [-0.05, 0) is 122 Å². The first-order valence-electron chi connectivity index (χ1n) is 29.8. The summed E-state index contributed by atoms with van der Waals surface area (Å²) in [4.78, 5) is 42.1. The average Bonchev–Trinajstić information content (AvgIpc) is 3.35. The fourth-order valence-corrected chi connectivity index (χ4v) is 8.79. The van der Waals surface area contributed by atoms with Crippen LogP contribution >= 0.6 is 0 Å². The first-order valence-corrected chi connectivity index (χ1v) is 29.8. The molecule has 0 radical (unpaired) electrons. The number of carbonyl (C=O) groups is 3. The summed E-state index contributed by atoms with van der Waals surface area (Å²) in [5.74, 6) is -0.144. The Bertz CT molecular complexity index is 1090. The van der Waals surface area contributed by atoms with Crippen molar-refractivity contribution in [1.82, 2.24) is 9.80 Å². The number of carbonyl (C=O) groups excluding carboxylic acids is 3. The quantitative estimate of drug-likeness (QED) is 0.0256. The van der Waals surface area contributed by atoms with Crippen molar-refractivity contribution in [2.45, 2.75) is 285 Å². The van der Waals surface area contributed by atoms with E-state index in [4.69, 9.17) is 18.9 Å². The van der Waals surface area contributed by atoms with E-state index in [-0.39, 0.29) is 18.0 Å². The van der Waals surface area contributed by atoms with Crippen LogP contribution < -0.4 is 0 Å². The van der Waals surface area contributed by atoms with Gasteiger partial charge in [0.25, 0.3) is 0 Å². The highest BCUT2D eigenvalue weighted by Gasteiger charge is 2.16. The van der Waals surface area contributed by atoms with Gasteiger partial charge in [-0.15, -0.1) is 0 Å². The summed E-state index contributed by atoms with van der Waals surface area (Å²) in [5, 5.41) is 0. The molecule has 0 N–H and O–H groups in total. The largest absolute Gasteiger partial charge is 0.508 e. The Morgan fingerprint density at radius 1 is 0.362 bits per heavy atom. The second-order valence-corrected chi connectivity index (χ2v) is 19.8. The van der Waals surface area contributed by atoms with E-state index in [1.165, 1.54) is 141 Å². The highest BCUT2D eigenvalue weighted by molar-refractivity contribution is 5.69. The molecule has 9 nitrogen and oxygen atoms in total. The molecule has 0 spiro atoms. The third-order valence-corrected chi connectivity index (χ3v) is 13.6. The van der Waals surface area contributed by atoms with Crippen LogP contribution in [0.5, 0.6) is 0 Å². The van der Waals surface area contributed by atoms with Crippen LogP contribution in [0.4, 0.5) is 4.79 Å². The fourth-order valence-electron chi connectivity index (χ4n) is 8.79. The Morgan fingerprint density at radius 2 is 0.710 bits per heavy atom. The number of likely N-dealkylation sites (N-methyl/N-ethyl adjacent to an activating group) is 2. The SMILES string of the molecule is CCCCCCCC/C=C\CCCCCCCC(=O)OCCCCCCC(CCCCCCOC(=O)CCCCCCC/C=C\CCCCCCCC)OC(=O)OCCN(CC)CCN(CC)CC. The normalized spacial score (nSPS) is 11.8. The van der Waals surface area contributed by atoms with Gasteiger partial charge in [0.1, 0.15) is 12.7 Å². The van der Waals surface area contributed by atoms with Crippen molar-refractivity contribution in [3.63, 3.8) is 0 Å². The number of allylic oxidation sites excluding steroid dienone is 4. The van der Waals surface area contributed by atoms with Crippen LogP contribution in [0, 0.1) is 0 Å². The van der Waals surface area contributed by atoms with E-state index < -0.39 is 6.16 Å². The van der Waals surface area contributed by atoms with Crippen molar-refractivity contribution in [3.05, 3.63) is 24.3 Å². The molecule has 0 aliphatic rings. The van der Waals surface area contributed by atoms with Gasteiger partial charge in [0.15, 0.2) is 0 Å². The zero-order chi connectivity index (χ0) is 50.4. The monoisotopic (exact) mass is 975 g/mol. The summed E-state index contributed by atoms with van der Waals surface area (Å²) in [6, 6.07) is 0. The minimum atomic E-state index is -0.573. The summed E-state index contributed by atoms with van der Waals surface area (Å²) in [6.45, 7) is 18.0. The molecule has 0 amide bonds. The molecule has 9 heteroatoms. The number of hydrogen-bond donors (Lipinski definition) is 0. The molecule has 0 atom stereocenters. The predicted octanol–water partition coefficient (Wildman–Crippen LogP) is 17.2. The van der Waals surface area contributed by atoms with Gasteiger partial charge < -0.3 is 23.8 Å².